The first-order chi connectivity index (χ1) is 15.6. The number of halogens is 1. The smallest absolute Gasteiger partial charge is 0.303 e. The SMILES string of the molecule is CC(=O)OC[C@H]1O[C@@H](N2CCc3c(F)cccc32)[C@H](OC(C)=O)[C@@H](OC(C)=O)[C@@H]1OC(C)=O. The monoisotopic (exact) mass is 467 g/mol. The molecule has 5 atom stereocenters. The summed E-state index contributed by atoms with van der Waals surface area (Å²) in [6, 6.07) is 4.58. The molecule has 1 aromatic carbocycles. The molecule has 2 aliphatic heterocycles. The molecule has 0 N–H and O–H groups in total. The summed E-state index contributed by atoms with van der Waals surface area (Å²) in [6.45, 7) is 4.68. The van der Waals surface area contributed by atoms with E-state index < -0.39 is 54.5 Å². The molecule has 33 heavy (non-hydrogen) atoms. The van der Waals surface area contributed by atoms with Gasteiger partial charge in [0.25, 0.3) is 0 Å². The lowest BCUT2D eigenvalue weighted by Crippen LogP contribution is -2.66. The lowest BCUT2D eigenvalue weighted by atomic mass is 9.96. The van der Waals surface area contributed by atoms with Crippen molar-refractivity contribution in [1.29, 1.82) is 0 Å². The van der Waals surface area contributed by atoms with Crippen LogP contribution in [0.4, 0.5) is 10.1 Å². The van der Waals surface area contributed by atoms with Gasteiger partial charge in [-0.3, -0.25) is 19.2 Å². The van der Waals surface area contributed by atoms with Gasteiger partial charge in [0.05, 0.1) is 0 Å². The maximum absolute atomic E-state index is 14.3. The minimum atomic E-state index is -1.27. The minimum absolute atomic E-state index is 0.321. The predicted molar refractivity (Wildman–Crippen MR) is 109 cm³/mol. The van der Waals surface area contributed by atoms with Crippen molar-refractivity contribution in [3.05, 3.63) is 29.6 Å². The van der Waals surface area contributed by atoms with E-state index in [1.807, 2.05) is 0 Å². The molecular weight excluding hydrogens is 441 g/mol. The number of hydrogen-bond acceptors (Lipinski definition) is 10. The number of esters is 4. The molecule has 3 rings (SSSR count). The molecule has 2 heterocycles. The summed E-state index contributed by atoms with van der Waals surface area (Å²) in [5.41, 5.74) is 0.987. The van der Waals surface area contributed by atoms with Crippen LogP contribution < -0.4 is 4.90 Å². The number of rotatable bonds is 6. The molecule has 11 heteroatoms. The van der Waals surface area contributed by atoms with E-state index in [4.69, 9.17) is 23.7 Å². The summed E-state index contributed by atoms with van der Waals surface area (Å²) >= 11 is 0. The number of fused-ring (bicyclic) bond motifs is 1. The van der Waals surface area contributed by atoms with Crippen LogP contribution in [0, 0.1) is 5.82 Å². The van der Waals surface area contributed by atoms with Crippen molar-refractivity contribution in [2.24, 2.45) is 0 Å². The molecule has 0 spiro atoms. The lowest BCUT2D eigenvalue weighted by Gasteiger charge is -2.47. The molecule has 0 aliphatic carbocycles. The molecule has 10 nitrogen and oxygen atoms in total. The second-order valence-corrected chi connectivity index (χ2v) is 7.77. The van der Waals surface area contributed by atoms with Crippen molar-refractivity contribution in [3.8, 4) is 0 Å². The van der Waals surface area contributed by atoms with Crippen molar-refractivity contribution in [2.45, 2.75) is 64.8 Å². The molecular formula is C22H26FNO9. The van der Waals surface area contributed by atoms with Gasteiger partial charge in [0.1, 0.15) is 18.5 Å². The number of anilines is 1. The first-order valence-electron chi connectivity index (χ1n) is 10.4. The fraction of sp³-hybridized carbons (Fsp3) is 0.545. The van der Waals surface area contributed by atoms with Crippen LogP contribution in [0.3, 0.4) is 0 Å². The van der Waals surface area contributed by atoms with Crippen molar-refractivity contribution in [3.63, 3.8) is 0 Å². The quantitative estimate of drug-likeness (QED) is 0.447. The second-order valence-electron chi connectivity index (χ2n) is 7.77. The molecule has 0 radical (unpaired) electrons. The zero-order valence-electron chi connectivity index (χ0n) is 18.7. The van der Waals surface area contributed by atoms with Gasteiger partial charge < -0.3 is 28.6 Å². The van der Waals surface area contributed by atoms with E-state index >= 15 is 0 Å². The van der Waals surface area contributed by atoms with Crippen molar-refractivity contribution < 1.29 is 47.3 Å². The Morgan fingerprint density at radius 3 is 2.15 bits per heavy atom. The zero-order chi connectivity index (χ0) is 24.3. The number of ether oxygens (including phenoxy) is 5. The summed E-state index contributed by atoms with van der Waals surface area (Å²) < 4.78 is 41.8. The van der Waals surface area contributed by atoms with Crippen LogP contribution >= 0.6 is 0 Å². The molecule has 1 aromatic rings. The lowest BCUT2D eigenvalue weighted by molar-refractivity contribution is -0.252. The van der Waals surface area contributed by atoms with Gasteiger partial charge >= 0.3 is 23.9 Å². The Labute approximate surface area is 189 Å². The molecule has 180 valence electrons. The molecule has 0 unspecified atom stereocenters. The molecule has 1 saturated heterocycles. The van der Waals surface area contributed by atoms with Gasteiger partial charge in [-0.25, -0.2) is 4.39 Å². The first-order valence-corrected chi connectivity index (χ1v) is 10.4. The fourth-order valence-corrected chi connectivity index (χ4v) is 4.14. The van der Waals surface area contributed by atoms with E-state index in [0.717, 1.165) is 13.8 Å². The highest BCUT2D eigenvalue weighted by Crippen LogP contribution is 2.38. The summed E-state index contributed by atoms with van der Waals surface area (Å²) in [4.78, 5) is 48.8. The maximum Gasteiger partial charge on any atom is 0.303 e. The zero-order valence-corrected chi connectivity index (χ0v) is 18.7. The normalized spacial score (nSPS) is 26.2. The van der Waals surface area contributed by atoms with Crippen LogP contribution in [0.1, 0.15) is 33.3 Å². The molecule has 0 aromatic heterocycles. The first kappa shape index (κ1) is 24.4. The molecule has 1 fully saturated rings. The van der Waals surface area contributed by atoms with Crippen LogP contribution in [-0.4, -0.2) is 67.7 Å². The average Bonchev–Trinajstić information content (AvgIpc) is 3.14. The maximum atomic E-state index is 14.3. The topological polar surface area (TPSA) is 118 Å². The Bertz CT molecular complexity index is 936. The van der Waals surface area contributed by atoms with Gasteiger partial charge in [0, 0.05) is 45.5 Å². The number of nitrogens with zero attached hydrogens (tertiary/aromatic N) is 1. The second kappa shape index (κ2) is 10.2. The van der Waals surface area contributed by atoms with Crippen molar-refractivity contribution in [1.82, 2.24) is 0 Å². The van der Waals surface area contributed by atoms with Crippen molar-refractivity contribution in [2.75, 3.05) is 18.1 Å². The minimum Gasteiger partial charge on any atom is -0.463 e. The van der Waals surface area contributed by atoms with Gasteiger partial charge in [-0.1, -0.05) is 6.07 Å². The summed E-state index contributed by atoms with van der Waals surface area (Å²) in [5.74, 6) is -3.10. The third-order valence-corrected chi connectivity index (χ3v) is 5.28. The molecule has 0 saturated carbocycles. The average molecular weight is 467 g/mol. The van der Waals surface area contributed by atoms with E-state index in [2.05, 4.69) is 0 Å². The molecule has 0 amide bonds. The van der Waals surface area contributed by atoms with Crippen LogP contribution in [0.2, 0.25) is 0 Å². The van der Waals surface area contributed by atoms with Crippen molar-refractivity contribution >= 4 is 29.6 Å². The van der Waals surface area contributed by atoms with E-state index in [9.17, 15) is 23.6 Å². The Balaban J connectivity index is 2.05. The summed E-state index contributed by atoms with van der Waals surface area (Å²) in [7, 11) is 0. The highest BCUT2D eigenvalue weighted by Gasteiger charge is 2.54. The predicted octanol–water partition coefficient (Wildman–Crippen LogP) is 1.27. The van der Waals surface area contributed by atoms with Gasteiger partial charge in [-0.15, -0.1) is 0 Å². The van der Waals surface area contributed by atoms with Crippen LogP contribution in [0.5, 0.6) is 0 Å². The summed E-state index contributed by atoms with van der Waals surface area (Å²) in [5, 5.41) is 0. The molecule has 0 bridgehead atoms. The fourth-order valence-electron chi connectivity index (χ4n) is 4.14. The van der Waals surface area contributed by atoms with Gasteiger partial charge in [-0.2, -0.15) is 0 Å². The number of carbonyl (C=O) groups is 4. The van der Waals surface area contributed by atoms with Crippen LogP contribution in [0.25, 0.3) is 0 Å². The Morgan fingerprint density at radius 2 is 1.55 bits per heavy atom. The standard InChI is InChI=1S/C22H26FNO9/c1-11(25)29-10-18-19(30-12(2)26)20(31-13(3)27)21(32-14(4)28)22(33-18)24-9-8-15-16(23)6-5-7-17(15)24/h5-7,18-22H,8-10H2,1-4H3/t18-,19-,20+,21-,22-/m1/s1. The van der Waals surface area contributed by atoms with Gasteiger partial charge in [0.15, 0.2) is 24.5 Å². The van der Waals surface area contributed by atoms with Gasteiger partial charge in [-0.05, 0) is 18.6 Å². The Kier molecular flexibility index (Phi) is 7.52. The van der Waals surface area contributed by atoms with E-state index in [-0.39, 0.29) is 12.4 Å². The van der Waals surface area contributed by atoms with E-state index in [1.54, 1.807) is 11.0 Å². The number of hydrogen-bond donors (Lipinski definition) is 0. The molecule has 2 aliphatic rings. The highest BCUT2D eigenvalue weighted by atomic mass is 19.1. The summed E-state index contributed by atoms with van der Waals surface area (Å²) in [6.07, 6.45) is -5.47. The van der Waals surface area contributed by atoms with E-state index in [1.165, 1.54) is 26.0 Å². The van der Waals surface area contributed by atoms with Crippen LogP contribution in [0.15, 0.2) is 18.2 Å². The van der Waals surface area contributed by atoms with E-state index in [0.29, 0.717) is 24.2 Å². The number of benzene rings is 1. The number of carbonyl (C=O) groups excluding carboxylic acids is 4. The van der Waals surface area contributed by atoms with Gasteiger partial charge in [0.2, 0.25) is 0 Å². The largest absolute Gasteiger partial charge is 0.463 e. The highest BCUT2D eigenvalue weighted by molar-refractivity contribution is 5.69. The Hall–Kier alpha value is -3.21. The third kappa shape index (κ3) is 5.59. The third-order valence-electron chi connectivity index (χ3n) is 5.28. The Morgan fingerprint density at radius 1 is 0.939 bits per heavy atom. The van der Waals surface area contributed by atoms with Crippen LogP contribution in [-0.2, 0) is 49.3 Å².